The van der Waals surface area contributed by atoms with Crippen LogP contribution < -0.4 is 0 Å². The molecule has 0 atom stereocenters. The normalized spacial score (nSPS) is 9.75. The van der Waals surface area contributed by atoms with E-state index in [2.05, 4.69) is 4.74 Å². The van der Waals surface area contributed by atoms with Crippen molar-refractivity contribution in [3.63, 3.8) is 0 Å². The number of hydrogen-bond donors (Lipinski definition) is 1. The predicted octanol–water partition coefficient (Wildman–Crippen LogP) is 1.58. The Bertz CT molecular complexity index is 96.7. The van der Waals surface area contributed by atoms with Crippen molar-refractivity contribution in [2.75, 3.05) is 7.11 Å². The minimum atomic E-state index is 0.308. The monoisotopic (exact) mass is 113 g/mol. The minimum absolute atomic E-state index is 0.308. The van der Waals surface area contributed by atoms with E-state index in [9.17, 15) is 0 Å². The summed E-state index contributed by atoms with van der Waals surface area (Å²) in [6, 6.07) is 0. The third-order valence-corrected chi connectivity index (χ3v) is 0.785. The van der Waals surface area contributed by atoms with Crippen LogP contribution in [-0.4, -0.2) is 13.0 Å². The van der Waals surface area contributed by atoms with E-state index in [1.807, 2.05) is 19.1 Å². The zero-order valence-corrected chi connectivity index (χ0v) is 5.27. The molecule has 0 aromatic carbocycles. The zero-order chi connectivity index (χ0) is 6.41. The number of nitrogens with one attached hydrogen (secondary N) is 1. The molecule has 0 unspecified atom stereocenters. The summed E-state index contributed by atoms with van der Waals surface area (Å²) in [5, 5.41) is 6.97. The van der Waals surface area contributed by atoms with Crippen LogP contribution in [0.2, 0.25) is 0 Å². The third kappa shape index (κ3) is 3.40. The molecule has 1 N–H and O–H groups in total. The van der Waals surface area contributed by atoms with E-state index in [4.69, 9.17) is 5.41 Å². The van der Waals surface area contributed by atoms with Crippen LogP contribution in [0.1, 0.15) is 13.3 Å². The van der Waals surface area contributed by atoms with Crippen LogP contribution in [0.4, 0.5) is 0 Å². The second-order valence-electron chi connectivity index (χ2n) is 1.40. The van der Waals surface area contributed by atoms with Crippen molar-refractivity contribution in [1.82, 2.24) is 0 Å². The van der Waals surface area contributed by atoms with Crippen LogP contribution in [0, 0.1) is 5.41 Å². The summed E-state index contributed by atoms with van der Waals surface area (Å²) in [5.41, 5.74) is 0. The number of allylic oxidation sites excluding steroid dienone is 1. The lowest BCUT2D eigenvalue weighted by Crippen LogP contribution is -1.94. The van der Waals surface area contributed by atoms with Crippen LogP contribution >= 0.6 is 0 Å². The lowest BCUT2D eigenvalue weighted by atomic mass is 10.4. The van der Waals surface area contributed by atoms with Gasteiger partial charge in [-0.2, -0.15) is 0 Å². The van der Waals surface area contributed by atoms with E-state index in [1.54, 1.807) is 0 Å². The molecule has 0 fully saturated rings. The molecular formula is C6H11NO. The molecule has 0 aliphatic rings. The zero-order valence-electron chi connectivity index (χ0n) is 5.27. The molecule has 0 aliphatic carbocycles. The van der Waals surface area contributed by atoms with Gasteiger partial charge in [0, 0.05) is 6.42 Å². The second kappa shape index (κ2) is 4.37. The highest BCUT2D eigenvalue weighted by Crippen LogP contribution is 1.84. The highest BCUT2D eigenvalue weighted by Gasteiger charge is 1.85. The summed E-state index contributed by atoms with van der Waals surface area (Å²) >= 11 is 0. The summed E-state index contributed by atoms with van der Waals surface area (Å²) in [6.45, 7) is 1.92. The molecule has 0 saturated carbocycles. The first-order chi connectivity index (χ1) is 3.81. The summed E-state index contributed by atoms with van der Waals surface area (Å²) in [4.78, 5) is 0. The Labute approximate surface area is 49.7 Å². The fourth-order valence-corrected chi connectivity index (χ4v) is 0.308. The van der Waals surface area contributed by atoms with Gasteiger partial charge < -0.3 is 4.74 Å². The molecule has 0 aliphatic heterocycles. The van der Waals surface area contributed by atoms with Gasteiger partial charge in [0.25, 0.3) is 0 Å². The summed E-state index contributed by atoms with van der Waals surface area (Å²) in [7, 11) is 1.51. The van der Waals surface area contributed by atoms with Gasteiger partial charge in [-0.25, -0.2) is 0 Å². The number of ether oxygens (including phenoxy) is 1. The van der Waals surface area contributed by atoms with Crippen molar-refractivity contribution < 1.29 is 4.74 Å². The number of methoxy groups -OCH3 is 1. The topological polar surface area (TPSA) is 33.1 Å². The van der Waals surface area contributed by atoms with Gasteiger partial charge in [-0.3, -0.25) is 5.41 Å². The van der Waals surface area contributed by atoms with Crippen LogP contribution in [0.3, 0.4) is 0 Å². The van der Waals surface area contributed by atoms with Crippen molar-refractivity contribution in [3.05, 3.63) is 12.2 Å². The lowest BCUT2D eigenvalue weighted by molar-refractivity contribution is 0.391. The van der Waals surface area contributed by atoms with Gasteiger partial charge in [0.05, 0.1) is 7.11 Å². The molecule has 0 bridgehead atoms. The predicted molar refractivity (Wildman–Crippen MR) is 34.2 cm³/mol. The molecule has 2 heteroatoms. The Morgan fingerprint density at radius 2 is 2.38 bits per heavy atom. The van der Waals surface area contributed by atoms with Gasteiger partial charge in [-0.15, -0.1) is 0 Å². The second-order valence-corrected chi connectivity index (χ2v) is 1.40. The SMILES string of the molecule is CC=CCC(=N)OC. The molecule has 0 amide bonds. The van der Waals surface area contributed by atoms with Gasteiger partial charge in [-0.05, 0) is 6.92 Å². The maximum atomic E-state index is 6.97. The Morgan fingerprint density at radius 3 is 2.75 bits per heavy atom. The Hall–Kier alpha value is -0.790. The first-order valence-electron chi connectivity index (χ1n) is 2.53. The van der Waals surface area contributed by atoms with Crippen LogP contribution in [0.5, 0.6) is 0 Å². The minimum Gasteiger partial charge on any atom is -0.484 e. The van der Waals surface area contributed by atoms with E-state index in [-0.39, 0.29) is 0 Å². The van der Waals surface area contributed by atoms with Gasteiger partial charge in [0.15, 0.2) is 5.90 Å². The average molecular weight is 113 g/mol. The molecule has 46 valence electrons. The highest BCUT2D eigenvalue weighted by atomic mass is 16.5. The van der Waals surface area contributed by atoms with E-state index >= 15 is 0 Å². The summed E-state index contributed by atoms with van der Waals surface area (Å²) in [6.07, 6.45) is 4.38. The molecule has 0 aromatic heterocycles. The maximum absolute atomic E-state index is 6.97. The molecule has 8 heavy (non-hydrogen) atoms. The van der Waals surface area contributed by atoms with Crippen molar-refractivity contribution in [3.8, 4) is 0 Å². The molecule has 0 heterocycles. The Balaban J connectivity index is 3.25. The van der Waals surface area contributed by atoms with E-state index in [0.717, 1.165) is 0 Å². The lowest BCUT2D eigenvalue weighted by Gasteiger charge is -1.93. The molecule has 0 spiro atoms. The molecule has 0 rings (SSSR count). The van der Waals surface area contributed by atoms with Crippen LogP contribution in [0.25, 0.3) is 0 Å². The largest absolute Gasteiger partial charge is 0.484 e. The van der Waals surface area contributed by atoms with Crippen molar-refractivity contribution in [2.24, 2.45) is 0 Å². The first-order valence-corrected chi connectivity index (χ1v) is 2.53. The third-order valence-electron chi connectivity index (χ3n) is 0.785. The van der Waals surface area contributed by atoms with Gasteiger partial charge >= 0.3 is 0 Å². The number of rotatable bonds is 2. The van der Waals surface area contributed by atoms with Gasteiger partial charge in [0.1, 0.15) is 0 Å². The average Bonchev–Trinajstić information content (AvgIpc) is 1.83. The van der Waals surface area contributed by atoms with Gasteiger partial charge in [-0.1, -0.05) is 12.2 Å². The van der Waals surface area contributed by atoms with Crippen molar-refractivity contribution in [2.45, 2.75) is 13.3 Å². The molecular weight excluding hydrogens is 102 g/mol. The fourth-order valence-electron chi connectivity index (χ4n) is 0.308. The van der Waals surface area contributed by atoms with Crippen LogP contribution in [-0.2, 0) is 4.74 Å². The number of hydrogen-bond acceptors (Lipinski definition) is 2. The van der Waals surface area contributed by atoms with Crippen LogP contribution in [0.15, 0.2) is 12.2 Å². The first kappa shape index (κ1) is 7.21. The Kier molecular flexibility index (Phi) is 3.94. The van der Waals surface area contributed by atoms with E-state index in [0.29, 0.717) is 12.3 Å². The quantitative estimate of drug-likeness (QED) is 0.329. The molecule has 0 saturated heterocycles. The maximum Gasteiger partial charge on any atom is 0.183 e. The molecule has 0 radical (unpaired) electrons. The summed E-state index contributed by atoms with van der Waals surface area (Å²) < 4.78 is 4.58. The smallest absolute Gasteiger partial charge is 0.183 e. The van der Waals surface area contributed by atoms with Crippen molar-refractivity contribution in [1.29, 1.82) is 5.41 Å². The van der Waals surface area contributed by atoms with E-state index in [1.165, 1.54) is 7.11 Å². The van der Waals surface area contributed by atoms with Crippen molar-refractivity contribution >= 4 is 5.90 Å². The highest BCUT2D eigenvalue weighted by molar-refractivity contribution is 5.73. The van der Waals surface area contributed by atoms with E-state index < -0.39 is 0 Å². The molecule has 2 nitrogen and oxygen atoms in total. The van der Waals surface area contributed by atoms with Gasteiger partial charge in [0.2, 0.25) is 0 Å². The molecule has 0 aromatic rings. The fraction of sp³-hybridized carbons (Fsp3) is 0.500. The Morgan fingerprint density at radius 1 is 1.75 bits per heavy atom. The standard InChI is InChI=1S/C6H11NO/c1-3-4-5-6(7)8-2/h3-4,7H,5H2,1-2H3. The summed E-state index contributed by atoms with van der Waals surface area (Å²) in [5.74, 6) is 0.308.